The summed E-state index contributed by atoms with van der Waals surface area (Å²) in [7, 11) is 1.57. The summed E-state index contributed by atoms with van der Waals surface area (Å²) in [5, 5.41) is 16.4. The largest absolute Gasteiger partial charge is 0.481 e. The first-order valence-electron chi connectivity index (χ1n) is 7.99. The number of rotatable bonds is 5. The van der Waals surface area contributed by atoms with E-state index in [-0.39, 0.29) is 12.1 Å². The lowest BCUT2D eigenvalue weighted by molar-refractivity contribution is -0.146. The number of carboxylic acids is 1. The lowest BCUT2D eigenvalue weighted by Crippen LogP contribution is -2.38. The first kappa shape index (κ1) is 19.8. The first-order chi connectivity index (χ1) is 12.0. The van der Waals surface area contributed by atoms with Gasteiger partial charge in [-0.3, -0.25) is 14.4 Å². The Balaban J connectivity index is 2.38. The van der Waals surface area contributed by atoms with Gasteiger partial charge >= 0.3 is 5.97 Å². The Hall–Kier alpha value is -2.55. The minimum Gasteiger partial charge on any atom is -0.481 e. The highest BCUT2D eigenvalue weighted by Crippen LogP contribution is 2.28. The average molecular weight is 378 g/mol. The second-order valence-corrected chi connectivity index (χ2v) is 7.82. The molecular formula is C17H22N4O4S. The highest BCUT2D eigenvalue weighted by Gasteiger charge is 2.28. The van der Waals surface area contributed by atoms with Crippen molar-refractivity contribution < 1.29 is 14.7 Å². The van der Waals surface area contributed by atoms with E-state index in [1.54, 1.807) is 27.8 Å². The monoisotopic (exact) mass is 378 g/mol. The van der Waals surface area contributed by atoms with Crippen LogP contribution < -0.4 is 10.9 Å². The zero-order chi connectivity index (χ0) is 19.8. The molecule has 9 heteroatoms. The van der Waals surface area contributed by atoms with Crippen LogP contribution in [0.2, 0.25) is 0 Å². The van der Waals surface area contributed by atoms with Gasteiger partial charge in [0.1, 0.15) is 9.88 Å². The summed E-state index contributed by atoms with van der Waals surface area (Å²) in [5.41, 5.74) is 1.00. The van der Waals surface area contributed by atoms with Crippen molar-refractivity contribution in [2.75, 3.05) is 6.54 Å². The third kappa shape index (κ3) is 3.67. The average Bonchev–Trinajstić information content (AvgIpc) is 2.92. The van der Waals surface area contributed by atoms with Crippen LogP contribution in [0.15, 0.2) is 4.79 Å². The highest BCUT2D eigenvalue weighted by molar-refractivity contribution is 7.17. The Morgan fingerprint density at radius 1 is 1.23 bits per heavy atom. The second kappa shape index (κ2) is 6.99. The van der Waals surface area contributed by atoms with E-state index in [1.807, 2.05) is 0 Å². The van der Waals surface area contributed by atoms with Crippen LogP contribution in [0.3, 0.4) is 0 Å². The Bertz CT molecular complexity index is 943. The van der Waals surface area contributed by atoms with Gasteiger partial charge in [-0.1, -0.05) is 0 Å². The summed E-state index contributed by atoms with van der Waals surface area (Å²) in [4.78, 5) is 40.8. The maximum atomic E-state index is 12.5. The van der Waals surface area contributed by atoms with Crippen molar-refractivity contribution in [3.05, 3.63) is 32.2 Å². The number of aliphatic carboxylic acids is 1. The summed E-state index contributed by atoms with van der Waals surface area (Å²) in [6.45, 7) is 8.35. The highest BCUT2D eigenvalue weighted by atomic mass is 32.1. The van der Waals surface area contributed by atoms with Gasteiger partial charge in [0.05, 0.1) is 22.4 Å². The second-order valence-electron chi connectivity index (χ2n) is 6.82. The molecule has 0 unspecified atom stereocenters. The van der Waals surface area contributed by atoms with Crippen molar-refractivity contribution in [2.45, 2.75) is 34.6 Å². The van der Waals surface area contributed by atoms with E-state index >= 15 is 0 Å². The van der Waals surface area contributed by atoms with Crippen LogP contribution in [0.4, 0.5) is 0 Å². The van der Waals surface area contributed by atoms with Gasteiger partial charge in [-0.25, -0.2) is 9.67 Å². The molecule has 2 rings (SSSR count). The van der Waals surface area contributed by atoms with Gasteiger partial charge in [-0.15, -0.1) is 11.3 Å². The third-order valence-electron chi connectivity index (χ3n) is 4.21. The quantitative estimate of drug-likeness (QED) is 0.818. The molecule has 26 heavy (non-hydrogen) atoms. The number of amides is 1. The van der Waals surface area contributed by atoms with Crippen molar-refractivity contribution >= 4 is 23.2 Å². The molecule has 0 atom stereocenters. The molecule has 2 aromatic heterocycles. The summed E-state index contributed by atoms with van der Waals surface area (Å²) in [6, 6.07) is 0. The Labute approximate surface area is 154 Å². The predicted molar refractivity (Wildman–Crippen MR) is 98.5 cm³/mol. The number of nitrogens with one attached hydrogen (secondary N) is 1. The molecule has 2 aromatic rings. The van der Waals surface area contributed by atoms with E-state index in [9.17, 15) is 14.4 Å². The first-order valence-corrected chi connectivity index (χ1v) is 8.81. The fourth-order valence-electron chi connectivity index (χ4n) is 2.27. The van der Waals surface area contributed by atoms with E-state index in [4.69, 9.17) is 5.11 Å². The van der Waals surface area contributed by atoms with E-state index in [0.717, 1.165) is 16.9 Å². The van der Waals surface area contributed by atoms with Gasteiger partial charge in [0, 0.05) is 13.6 Å². The zero-order valence-corrected chi connectivity index (χ0v) is 16.4. The number of hydrogen-bond acceptors (Lipinski definition) is 6. The lowest BCUT2D eigenvalue weighted by atomic mass is 9.94. The molecule has 0 aliphatic carbocycles. The topological polar surface area (TPSA) is 114 Å². The molecule has 0 radical (unpaired) electrons. The number of carbonyl (C=O) groups excluding carboxylic acids is 1. The SMILES string of the molecule is Cc1nc(-c2c(C)c(C)nn(C)c2=O)sc1C(=O)NCC(C)(C)C(=O)O. The fraction of sp³-hybridized carbons (Fsp3) is 0.471. The normalized spacial score (nSPS) is 11.5. The minimum absolute atomic E-state index is 0.0109. The van der Waals surface area contributed by atoms with Crippen LogP contribution in [0.1, 0.15) is 40.5 Å². The molecule has 140 valence electrons. The molecule has 1 amide bonds. The van der Waals surface area contributed by atoms with Crippen molar-refractivity contribution in [1.29, 1.82) is 0 Å². The number of nitrogens with zero attached hydrogens (tertiary/aromatic N) is 3. The Morgan fingerprint density at radius 2 is 1.85 bits per heavy atom. The van der Waals surface area contributed by atoms with Gasteiger partial charge in [-0.05, 0) is 40.2 Å². The standard InChI is InChI=1S/C17H22N4O4S/c1-8-9(2)20-21(6)15(23)11(8)14-19-10(3)12(26-14)13(22)18-7-17(4,5)16(24)25/h7H2,1-6H3,(H,18,22)(H,24,25). The molecule has 0 saturated carbocycles. The molecule has 2 heterocycles. The van der Waals surface area contributed by atoms with Crippen LogP contribution in [-0.4, -0.2) is 38.3 Å². The number of aromatic nitrogens is 3. The summed E-state index contributed by atoms with van der Waals surface area (Å²) >= 11 is 1.11. The van der Waals surface area contributed by atoms with Crippen LogP contribution in [0.25, 0.3) is 10.6 Å². The van der Waals surface area contributed by atoms with E-state index < -0.39 is 17.3 Å². The molecule has 2 N–H and O–H groups in total. The van der Waals surface area contributed by atoms with Crippen LogP contribution in [0, 0.1) is 26.2 Å². The molecule has 0 aliphatic heterocycles. The van der Waals surface area contributed by atoms with Gasteiger partial charge in [-0.2, -0.15) is 5.10 Å². The molecular weight excluding hydrogens is 356 g/mol. The number of hydrogen-bond donors (Lipinski definition) is 2. The number of aryl methyl sites for hydroxylation is 3. The summed E-state index contributed by atoms with van der Waals surface area (Å²) < 4.78 is 1.25. The number of carboxylic acid groups (broad SMARTS) is 1. The van der Waals surface area contributed by atoms with Crippen LogP contribution in [-0.2, 0) is 11.8 Å². The Morgan fingerprint density at radius 3 is 2.42 bits per heavy atom. The van der Waals surface area contributed by atoms with Crippen LogP contribution in [0.5, 0.6) is 0 Å². The predicted octanol–water partition coefficient (Wildman–Crippen LogP) is 1.67. The molecule has 0 fully saturated rings. The third-order valence-corrected chi connectivity index (χ3v) is 5.39. The molecule has 0 bridgehead atoms. The zero-order valence-electron chi connectivity index (χ0n) is 15.6. The van der Waals surface area contributed by atoms with Crippen molar-refractivity contribution in [3.63, 3.8) is 0 Å². The van der Waals surface area contributed by atoms with Crippen molar-refractivity contribution in [3.8, 4) is 10.6 Å². The van der Waals surface area contributed by atoms with Crippen LogP contribution >= 0.6 is 11.3 Å². The number of carbonyl (C=O) groups is 2. The maximum absolute atomic E-state index is 12.5. The number of thiazole rings is 1. The minimum atomic E-state index is -1.08. The molecule has 0 spiro atoms. The molecule has 0 aromatic carbocycles. The van der Waals surface area contributed by atoms with E-state index in [1.165, 1.54) is 18.5 Å². The van der Waals surface area contributed by atoms with E-state index in [0.29, 0.717) is 26.8 Å². The maximum Gasteiger partial charge on any atom is 0.310 e. The lowest BCUT2D eigenvalue weighted by Gasteiger charge is -2.19. The Kier molecular flexibility index (Phi) is 5.31. The molecule has 0 aliphatic rings. The van der Waals surface area contributed by atoms with Crippen molar-refractivity contribution in [1.82, 2.24) is 20.1 Å². The van der Waals surface area contributed by atoms with Gasteiger partial charge in [0.2, 0.25) is 0 Å². The van der Waals surface area contributed by atoms with Gasteiger partial charge in [0.15, 0.2) is 0 Å². The van der Waals surface area contributed by atoms with Gasteiger partial charge in [0.25, 0.3) is 11.5 Å². The van der Waals surface area contributed by atoms with Gasteiger partial charge < -0.3 is 10.4 Å². The molecule has 0 saturated heterocycles. The van der Waals surface area contributed by atoms with Crippen molar-refractivity contribution in [2.24, 2.45) is 12.5 Å². The smallest absolute Gasteiger partial charge is 0.310 e. The summed E-state index contributed by atoms with van der Waals surface area (Å²) in [6.07, 6.45) is 0. The summed E-state index contributed by atoms with van der Waals surface area (Å²) in [5.74, 6) is -1.40. The molecule has 8 nitrogen and oxygen atoms in total. The fourth-order valence-corrected chi connectivity index (χ4v) is 3.35. The van der Waals surface area contributed by atoms with E-state index in [2.05, 4.69) is 15.4 Å².